The molecule has 11 heavy (non-hydrogen) atoms. The number of nitrogens with one attached hydrogen (secondary N) is 1. The fraction of sp³-hybridized carbons (Fsp3) is 0.286. The van der Waals surface area contributed by atoms with Gasteiger partial charge < -0.3 is 10.7 Å². The molecule has 1 heterocycles. The predicted octanol–water partition coefficient (Wildman–Crippen LogP) is 1.02. The molecule has 1 aromatic heterocycles. The van der Waals surface area contributed by atoms with Crippen LogP contribution in [0.25, 0.3) is 0 Å². The summed E-state index contributed by atoms with van der Waals surface area (Å²) in [6, 6.07) is 0. The number of aromatic amines is 1. The third-order valence-electron chi connectivity index (χ3n) is 1.17. The van der Waals surface area contributed by atoms with Gasteiger partial charge in [-0.1, -0.05) is 23.9 Å². The van der Waals surface area contributed by atoms with Crippen LogP contribution < -0.4 is 5.73 Å². The van der Waals surface area contributed by atoms with Crippen molar-refractivity contribution in [2.24, 2.45) is 5.73 Å². The van der Waals surface area contributed by atoms with Gasteiger partial charge >= 0.3 is 0 Å². The Labute approximate surface area is 70.1 Å². The van der Waals surface area contributed by atoms with Crippen LogP contribution in [0.5, 0.6) is 0 Å². The number of thioether (sulfide) groups is 1. The van der Waals surface area contributed by atoms with E-state index in [1.165, 1.54) is 0 Å². The van der Waals surface area contributed by atoms with E-state index in [0.717, 1.165) is 16.5 Å². The predicted molar refractivity (Wildman–Crippen MR) is 47.5 cm³/mol. The molecule has 0 bridgehead atoms. The van der Waals surface area contributed by atoms with Crippen molar-refractivity contribution in [2.75, 3.05) is 12.3 Å². The lowest BCUT2D eigenvalue weighted by atomic mass is 10.4. The smallest absolute Gasteiger partial charge is 0.165 e. The normalized spacial score (nSPS) is 9.91. The Morgan fingerprint density at radius 3 is 3.18 bits per heavy atom. The van der Waals surface area contributed by atoms with E-state index in [9.17, 15) is 0 Å². The highest BCUT2D eigenvalue weighted by Gasteiger charge is 1.95. The second-order valence-corrected chi connectivity index (χ2v) is 3.10. The Morgan fingerprint density at radius 2 is 2.64 bits per heavy atom. The molecule has 0 aliphatic carbocycles. The summed E-state index contributed by atoms with van der Waals surface area (Å²) >= 11 is 1.61. The van der Waals surface area contributed by atoms with Crippen LogP contribution in [0.3, 0.4) is 0 Å². The van der Waals surface area contributed by atoms with Crippen molar-refractivity contribution in [2.45, 2.75) is 5.16 Å². The van der Waals surface area contributed by atoms with E-state index in [0.29, 0.717) is 6.54 Å². The minimum atomic E-state index is 0.549. The lowest BCUT2D eigenvalue weighted by Gasteiger charge is -1.98. The third-order valence-corrected chi connectivity index (χ3v) is 2.22. The molecule has 0 saturated heterocycles. The average Bonchev–Trinajstić information content (AvgIpc) is 2.52. The second kappa shape index (κ2) is 4.20. The largest absolute Gasteiger partial charge is 0.340 e. The highest BCUT2D eigenvalue weighted by molar-refractivity contribution is 7.99. The Balaban J connectivity index is 2.29. The highest BCUT2D eigenvalue weighted by atomic mass is 32.2. The zero-order valence-electron chi connectivity index (χ0n) is 6.21. The Kier molecular flexibility index (Phi) is 3.19. The van der Waals surface area contributed by atoms with Crippen molar-refractivity contribution in [3.05, 3.63) is 24.5 Å². The summed E-state index contributed by atoms with van der Waals surface area (Å²) in [6.07, 6.45) is 3.53. The van der Waals surface area contributed by atoms with Crippen molar-refractivity contribution in [3.63, 3.8) is 0 Å². The Morgan fingerprint density at radius 1 is 1.82 bits per heavy atom. The molecule has 0 fully saturated rings. The fourth-order valence-corrected chi connectivity index (χ4v) is 1.30. The number of imidazole rings is 1. The molecule has 1 rings (SSSR count). The number of hydrogen-bond donors (Lipinski definition) is 2. The van der Waals surface area contributed by atoms with Gasteiger partial charge in [-0.2, -0.15) is 0 Å². The van der Waals surface area contributed by atoms with Crippen LogP contribution in [-0.4, -0.2) is 22.3 Å². The number of aromatic nitrogens is 2. The summed E-state index contributed by atoms with van der Waals surface area (Å²) in [5, 5.41) is 0.916. The standard InChI is InChI=1S/C7H11N3S/c1-6(4-8)5-11-7-9-2-3-10-7/h2-3H,1,4-5,8H2,(H,9,10). The molecule has 4 heteroatoms. The van der Waals surface area contributed by atoms with Gasteiger partial charge in [0.1, 0.15) is 0 Å². The van der Waals surface area contributed by atoms with Crippen LogP contribution >= 0.6 is 11.8 Å². The molecule has 60 valence electrons. The minimum Gasteiger partial charge on any atom is -0.340 e. The maximum absolute atomic E-state index is 5.37. The van der Waals surface area contributed by atoms with Gasteiger partial charge in [-0.15, -0.1) is 0 Å². The first kappa shape index (κ1) is 8.36. The van der Waals surface area contributed by atoms with E-state index in [2.05, 4.69) is 16.5 Å². The Hall–Kier alpha value is -0.740. The molecule has 0 aromatic carbocycles. The van der Waals surface area contributed by atoms with E-state index in [-0.39, 0.29) is 0 Å². The van der Waals surface area contributed by atoms with Gasteiger partial charge in [-0.05, 0) is 0 Å². The summed E-state index contributed by atoms with van der Waals surface area (Å²) in [6.45, 7) is 4.33. The maximum atomic E-state index is 5.37. The van der Waals surface area contributed by atoms with Crippen LogP contribution in [0.4, 0.5) is 0 Å². The first-order chi connectivity index (χ1) is 5.33. The summed E-state index contributed by atoms with van der Waals surface area (Å²) < 4.78 is 0. The van der Waals surface area contributed by atoms with Crippen LogP contribution in [0, 0.1) is 0 Å². The molecular weight excluding hydrogens is 158 g/mol. The van der Waals surface area contributed by atoms with Crippen molar-refractivity contribution in [3.8, 4) is 0 Å². The van der Waals surface area contributed by atoms with Gasteiger partial charge in [-0.3, -0.25) is 0 Å². The van der Waals surface area contributed by atoms with E-state index in [1.54, 1.807) is 24.2 Å². The van der Waals surface area contributed by atoms with Crippen LogP contribution in [0.15, 0.2) is 29.7 Å². The van der Waals surface area contributed by atoms with Gasteiger partial charge in [0, 0.05) is 24.7 Å². The molecule has 1 aromatic rings. The average molecular weight is 169 g/mol. The van der Waals surface area contributed by atoms with E-state index in [4.69, 9.17) is 5.73 Å². The highest BCUT2D eigenvalue weighted by Crippen LogP contribution is 2.13. The van der Waals surface area contributed by atoms with Crippen molar-refractivity contribution in [1.82, 2.24) is 9.97 Å². The third kappa shape index (κ3) is 2.78. The molecule has 0 aliphatic heterocycles. The first-order valence-electron chi connectivity index (χ1n) is 3.32. The number of hydrogen-bond acceptors (Lipinski definition) is 3. The second-order valence-electron chi connectivity index (χ2n) is 2.14. The lowest BCUT2D eigenvalue weighted by Crippen LogP contribution is -2.03. The van der Waals surface area contributed by atoms with Crippen LogP contribution in [0.2, 0.25) is 0 Å². The maximum Gasteiger partial charge on any atom is 0.165 e. The number of nitrogens with zero attached hydrogens (tertiary/aromatic N) is 1. The van der Waals surface area contributed by atoms with Gasteiger partial charge in [0.05, 0.1) is 0 Å². The monoisotopic (exact) mass is 169 g/mol. The topological polar surface area (TPSA) is 54.7 Å². The molecular formula is C7H11N3S. The molecule has 0 amide bonds. The van der Waals surface area contributed by atoms with Crippen molar-refractivity contribution < 1.29 is 0 Å². The quantitative estimate of drug-likeness (QED) is 0.522. The minimum absolute atomic E-state index is 0.549. The van der Waals surface area contributed by atoms with E-state index >= 15 is 0 Å². The molecule has 0 saturated carbocycles. The van der Waals surface area contributed by atoms with Gasteiger partial charge in [-0.25, -0.2) is 4.98 Å². The molecule has 0 spiro atoms. The molecule has 3 N–H and O–H groups in total. The molecule has 0 atom stereocenters. The summed E-state index contributed by atoms with van der Waals surface area (Å²) in [5.74, 6) is 0.837. The summed E-state index contributed by atoms with van der Waals surface area (Å²) in [4.78, 5) is 7.03. The lowest BCUT2D eigenvalue weighted by molar-refractivity contribution is 1.06. The number of rotatable bonds is 4. The zero-order chi connectivity index (χ0) is 8.10. The molecule has 0 unspecified atom stereocenters. The summed E-state index contributed by atoms with van der Waals surface area (Å²) in [7, 11) is 0. The van der Waals surface area contributed by atoms with Gasteiger partial charge in [0.2, 0.25) is 0 Å². The summed E-state index contributed by atoms with van der Waals surface area (Å²) in [5.41, 5.74) is 6.40. The van der Waals surface area contributed by atoms with Crippen molar-refractivity contribution in [1.29, 1.82) is 0 Å². The fourth-order valence-electron chi connectivity index (χ4n) is 0.559. The van der Waals surface area contributed by atoms with Gasteiger partial charge in [0.15, 0.2) is 5.16 Å². The number of H-pyrrole nitrogens is 1. The van der Waals surface area contributed by atoms with Gasteiger partial charge in [0.25, 0.3) is 0 Å². The Bertz CT molecular complexity index is 218. The van der Waals surface area contributed by atoms with Crippen molar-refractivity contribution >= 4 is 11.8 Å². The first-order valence-corrected chi connectivity index (χ1v) is 4.30. The van der Waals surface area contributed by atoms with E-state index in [1.807, 2.05) is 0 Å². The molecule has 0 radical (unpaired) electrons. The van der Waals surface area contributed by atoms with Crippen LogP contribution in [-0.2, 0) is 0 Å². The SMILES string of the molecule is C=C(CN)CSc1ncc[nH]1. The molecule has 0 aliphatic rings. The number of nitrogens with two attached hydrogens (primary N) is 1. The molecule has 3 nitrogen and oxygen atoms in total. The van der Waals surface area contributed by atoms with E-state index < -0.39 is 0 Å². The zero-order valence-corrected chi connectivity index (χ0v) is 7.03. The van der Waals surface area contributed by atoms with Crippen LogP contribution in [0.1, 0.15) is 0 Å².